The Hall–Kier alpha value is -1.39. The van der Waals surface area contributed by atoms with Crippen LogP contribution in [0.2, 0.25) is 5.02 Å². The van der Waals surface area contributed by atoms with Crippen LogP contribution in [0, 0.1) is 0 Å². The van der Waals surface area contributed by atoms with Crippen LogP contribution >= 0.6 is 27.5 Å². The van der Waals surface area contributed by atoms with Gasteiger partial charge in [0.1, 0.15) is 0 Å². The summed E-state index contributed by atoms with van der Waals surface area (Å²) >= 11 is 9.41. The lowest BCUT2D eigenvalue weighted by Crippen LogP contribution is -2.04. The van der Waals surface area contributed by atoms with E-state index >= 15 is 0 Å². The average molecular weight is 357 g/mol. The normalized spacial score (nSPS) is 10.2. The summed E-state index contributed by atoms with van der Waals surface area (Å²) in [5.74, 6) is 1.44. The van der Waals surface area contributed by atoms with Gasteiger partial charge < -0.3 is 14.8 Å². The lowest BCUT2D eigenvalue weighted by atomic mass is 10.1. The predicted octanol–water partition coefficient (Wildman–Crippen LogP) is 4.73. The van der Waals surface area contributed by atoms with Crippen molar-refractivity contribution >= 4 is 33.2 Å². The van der Waals surface area contributed by atoms with Crippen LogP contribution in [0.15, 0.2) is 40.9 Å². The van der Waals surface area contributed by atoms with Crippen LogP contribution in [0.3, 0.4) is 0 Å². The van der Waals surface area contributed by atoms with Crippen LogP contribution < -0.4 is 14.8 Å². The third kappa shape index (κ3) is 3.38. The minimum atomic E-state index is 0.614. The van der Waals surface area contributed by atoms with Gasteiger partial charge >= 0.3 is 0 Å². The number of rotatable bonds is 5. The van der Waals surface area contributed by atoms with Crippen molar-refractivity contribution in [1.82, 2.24) is 0 Å². The molecule has 20 heavy (non-hydrogen) atoms. The van der Waals surface area contributed by atoms with E-state index in [1.807, 2.05) is 36.4 Å². The highest BCUT2D eigenvalue weighted by atomic mass is 79.9. The Kier molecular flexibility index (Phi) is 5.15. The Morgan fingerprint density at radius 1 is 1.05 bits per heavy atom. The SMILES string of the molecule is COc1ccc(Br)c(CNc2ccc(Cl)cc2)c1OC. The fourth-order valence-electron chi connectivity index (χ4n) is 1.89. The first-order valence-electron chi connectivity index (χ1n) is 6.04. The third-order valence-corrected chi connectivity index (χ3v) is 3.90. The number of ether oxygens (including phenoxy) is 2. The van der Waals surface area contributed by atoms with E-state index in [4.69, 9.17) is 21.1 Å². The van der Waals surface area contributed by atoms with Crippen molar-refractivity contribution in [3.8, 4) is 11.5 Å². The van der Waals surface area contributed by atoms with Gasteiger partial charge in [0.2, 0.25) is 0 Å². The summed E-state index contributed by atoms with van der Waals surface area (Å²) in [4.78, 5) is 0. The number of nitrogens with one attached hydrogen (secondary N) is 1. The second kappa shape index (κ2) is 6.86. The molecule has 0 atom stereocenters. The molecule has 5 heteroatoms. The number of anilines is 1. The lowest BCUT2D eigenvalue weighted by molar-refractivity contribution is 0.351. The highest BCUT2D eigenvalue weighted by Gasteiger charge is 2.13. The Morgan fingerprint density at radius 2 is 1.75 bits per heavy atom. The molecule has 0 bridgehead atoms. The summed E-state index contributed by atoms with van der Waals surface area (Å²) in [6.45, 7) is 0.614. The van der Waals surface area contributed by atoms with Gasteiger partial charge in [0.15, 0.2) is 11.5 Å². The van der Waals surface area contributed by atoms with Crippen molar-refractivity contribution < 1.29 is 9.47 Å². The molecule has 0 aliphatic rings. The van der Waals surface area contributed by atoms with Crippen LogP contribution in [0.1, 0.15) is 5.56 Å². The smallest absolute Gasteiger partial charge is 0.166 e. The van der Waals surface area contributed by atoms with Gasteiger partial charge in [-0.1, -0.05) is 27.5 Å². The maximum atomic E-state index is 5.87. The molecule has 0 unspecified atom stereocenters. The molecule has 2 rings (SSSR count). The molecule has 106 valence electrons. The van der Waals surface area contributed by atoms with Crippen molar-refractivity contribution in [2.24, 2.45) is 0 Å². The summed E-state index contributed by atoms with van der Waals surface area (Å²) < 4.78 is 11.7. The fraction of sp³-hybridized carbons (Fsp3) is 0.200. The number of benzene rings is 2. The maximum Gasteiger partial charge on any atom is 0.166 e. The van der Waals surface area contributed by atoms with E-state index < -0.39 is 0 Å². The Balaban J connectivity index is 2.22. The molecule has 0 aliphatic carbocycles. The highest BCUT2D eigenvalue weighted by molar-refractivity contribution is 9.10. The second-order valence-corrected chi connectivity index (χ2v) is 5.41. The number of halogens is 2. The van der Waals surface area contributed by atoms with Crippen LogP contribution in [-0.2, 0) is 6.54 Å². The summed E-state index contributed by atoms with van der Waals surface area (Å²) in [7, 11) is 3.26. The van der Waals surface area contributed by atoms with Crippen molar-refractivity contribution in [3.63, 3.8) is 0 Å². The molecule has 0 fully saturated rings. The molecular formula is C15H15BrClNO2. The van der Waals surface area contributed by atoms with E-state index in [2.05, 4.69) is 21.2 Å². The van der Waals surface area contributed by atoms with E-state index in [0.717, 1.165) is 26.5 Å². The summed E-state index contributed by atoms with van der Waals surface area (Å²) in [5, 5.41) is 4.05. The molecule has 2 aromatic carbocycles. The zero-order chi connectivity index (χ0) is 14.5. The lowest BCUT2D eigenvalue weighted by Gasteiger charge is -2.15. The predicted molar refractivity (Wildman–Crippen MR) is 86.0 cm³/mol. The van der Waals surface area contributed by atoms with Crippen LogP contribution in [-0.4, -0.2) is 14.2 Å². The van der Waals surface area contributed by atoms with Gasteiger partial charge in [-0.05, 0) is 36.4 Å². The highest BCUT2D eigenvalue weighted by Crippen LogP contribution is 2.36. The molecule has 0 amide bonds. The number of hydrogen-bond acceptors (Lipinski definition) is 3. The quantitative estimate of drug-likeness (QED) is 0.840. The summed E-state index contributed by atoms with van der Waals surface area (Å²) in [6, 6.07) is 11.4. The molecule has 0 saturated carbocycles. The zero-order valence-corrected chi connectivity index (χ0v) is 13.6. The molecule has 0 saturated heterocycles. The van der Waals surface area contributed by atoms with Crippen molar-refractivity contribution in [2.75, 3.05) is 19.5 Å². The topological polar surface area (TPSA) is 30.5 Å². The van der Waals surface area contributed by atoms with Gasteiger partial charge in [-0.15, -0.1) is 0 Å². The molecule has 0 spiro atoms. The second-order valence-electron chi connectivity index (χ2n) is 4.12. The van der Waals surface area contributed by atoms with Crippen LogP contribution in [0.5, 0.6) is 11.5 Å². The monoisotopic (exact) mass is 355 g/mol. The Labute approximate surface area is 132 Å². The van der Waals surface area contributed by atoms with E-state index in [1.165, 1.54) is 0 Å². The maximum absolute atomic E-state index is 5.87. The van der Waals surface area contributed by atoms with Crippen LogP contribution in [0.4, 0.5) is 5.69 Å². The van der Waals surface area contributed by atoms with Crippen molar-refractivity contribution in [1.29, 1.82) is 0 Å². The summed E-state index contributed by atoms with van der Waals surface area (Å²) in [5.41, 5.74) is 1.99. The summed E-state index contributed by atoms with van der Waals surface area (Å²) in [6.07, 6.45) is 0. The molecule has 3 nitrogen and oxygen atoms in total. The molecule has 0 aromatic heterocycles. The van der Waals surface area contributed by atoms with Crippen molar-refractivity contribution in [3.05, 3.63) is 51.5 Å². The molecule has 2 aromatic rings. The van der Waals surface area contributed by atoms with Gasteiger partial charge in [-0.2, -0.15) is 0 Å². The van der Waals surface area contributed by atoms with E-state index in [-0.39, 0.29) is 0 Å². The minimum Gasteiger partial charge on any atom is -0.493 e. The van der Waals surface area contributed by atoms with E-state index in [9.17, 15) is 0 Å². The number of methoxy groups -OCH3 is 2. The fourth-order valence-corrected chi connectivity index (χ4v) is 2.47. The molecular weight excluding hydrogens is 342 g/mol. The first-order valence-corrected chi connectivity index (χ1v) is 7.21. The minimum absolute atomic E-state index is 0.614. The van der Waals surface area contributed by atoms with Gasteiger partial charge in [0.25, 0.3) is 0 Å². The molecule has 0 radical (unpaired) electrons. The third-order valence-electron chi connectivity index (χ3n) is 2.90. The van der Waals surface area contributed by atoms with Crippen molar-refractivity contribution in [2.45, 2.75) is 6.54 Å². The average Bonchev–Trinajstić information content (AvgIpc) is 2.47. The van der Waals surface area contributed by atoms with Gasteiger partial charge in [-0.25, -0.2) is 0 Å². The first-order chi connectivity index (χ1) is 9.65. The van der Waals surface area contributed by atoms with E-state index in [0.29, 0.717) is 12.3 Å². The zero-order valence-electron chi connectivity index (χ0n) is 11.2. The van der Waals surface area contributed by atoms with Crippen LogP contribution in [0.25, 0.3) is 0 Å². The first kappa shape index (κ1) is 15.0. The molecule has 0 heterocycles. The van der Waals surface area contributed by atoms with Gasteiger partial charge in [-0.3, -0.25) is 0 Å². The standard InChI is InChI=1S/C15H15BrClNO2/c1-19-14-8-7-13(16)12(15(14)20-2)9-18-11-5-3-10(17)4-6-11/h3-8,18H,9H2,1-2H3. The largest absolute Gasteiger partial charge is 0.493 e. The Bertz CT molecular complexity index is 587. The van der Waals surface area contributed by atoms with Gasteiger partial charge in [0.05, 0.1) is 14.2 Å². The molecule has 0 aliphatic heterocycles. The Morgan fingerprint density at radius 3 is 2.35 bits per heavy atom. The molecule has 1 N–H and O–H groups in total. The van der Waals surface area contributed by atoms with E-state index in [1.54, 1.807) is 14.2 Å². The number of hydrogen-bond donors (Lipinski definition) is 1. The van der Waals surface area contributed by atoms with Gasteiger partial charge in [0, 0.05) is 27.3 Å².